The van der Waals surface area contributed by atoms with Crippen LogP contribution in [0.1, 0.15) is 6.42 Å². The van der Waals surface area contributed by atoms with Crippen molar-refractivity contribution in [1.82, 2.24) is 4.84 Å². The Labute approximate surface area is 75.5 Å². The van der Waals surface area contributed by atoms with Gasteiger partial charge in [-0.3, -0.25) is 4.79 Å². The molecule has 12 heavy (non-hydrogen) atoms. The van der Waals surface area contributed by atoms with Crippen LogP contribution >= 0.6 is 11.8 Å². The molecule has 1 saturated carbocycles. The summed E-state index contributed by atoms with van der Waals surface area (Å²) in [5, 5.41) is 8.90. The molecule has 2 N–H and O–H groups in total. The molecule has 2 bridgehead atoms. The summed E-state index contributed by atoms with van der Waals surface area (Å²) in [6, 6.07) is -0.0841. The number of halogens is 1. The zero-order valence-electron chi connectivity index (χ0n) is 6.40. The molecule has 0 saturated heterocycles. The van der Waals surface area contributed by atoms with Gasteiger partial charge in [0.15, 0.2) is 0 Å². The molecular weight excluding hydrogens is 178 g/mol. The summed E-state index contributed by atoms with van der Waals surface area (Å²) >= 11 is 5.49. The number of allylic oxidation sites excluding steroid dienone is 1. The van der Waals surface area contributed by atoms with Gasteiger partial charge in [-0.2, -0.15) is 0 Å². The van der Waals surface area contributed by atoms with E-state index in [4.69, 9.17) is 16.9 Å². The zero-order chi connectivity index (χ0) is 8.72. The smallest absolute Gasteiger partial charge is 0.308 e. The van der Waals surface area contributed by atoms with Crippen LogP contribution in [0, 0.1) is 17.8 Å². The Morgan fingerprint density at radius 2 is 2.17 bits per heavy atom. The van der Waals surface area contributed by atoms with Crippen molar-refractivity contribution < 1.29 is 9.90 Å². The molecule has 2 aliphatic carbocycles. The molecule has 0 heterocycles. The highest BCUT2D eigenvalue weighted by atomic mass is 35.5. The maximum atomic E-state index is 10.8. The summed E-state index contributed by atoms with van der Waals surface area (Å²) in [4.78, 5) is 13.4. The Morgan fingerprint density at radius 3 is 2.67 bits per heavy atom. The third kappa shape index (κ3) is 0.967. The maximum Gasteiger partial charge on any atom is 0.308 e. The van der Waals surface area contributed by atoms with E-state index >= 15 is 0 Å². The second-order valence-electron chi connectivity index (χ2n) is 3.45. The molecule has 4 atom stereocenters. The zero-order valence-corrected chi connectivity index (χ0v) is 7.16. The van der Waals surface area contributed by atoms with Gasteiger partial charge in [0.1, 0.15) is 0 Å². The van der Waals surface area contributed by atoms with Crippen molar-refractivity contribution in [2.75, 3.05) is 0 Å². The minimum absolute atomic E-state index is 0.0841. The number of carboxylic acids is 1. The summed E-state index contributed by atoms with van der Waals surface area (Å²) in [5.41, 5.74) is 0. The number of fused-ring (bicyclic) bond motifs is 2. The lowest BCUT2D eigenvalue weighted by Crippen LogP contribution is -2.38. The van der Waals surface area contributed by atoms with Crippen LogP contribution in [0.5, 0.6) is 0 Å². The number of hydrogen-bond acceptors (Lipinski definition) is 2. The van der Waals surface area contributed by atoms with Gasteiger partial charge < -0.3 is 5.11 Å². The first-order valence-electron chi connectivity index (χ1n) is 4.01. The lowest BCUT2D eigenvalue weighted by molar-refractivity contribution is -0.143. The maximum absolute atomic E-state index is 10.8. The fraction of sp³-hybridized carbons (Fsp3) is 0.625. The van der Waals surface area contributed by atoms with Crippen molar-refractivity contribution in [2.45, 2.75) is 12.5 Å². The average molecular weight is 188 g/mol. The van der Waals surface area contributed by atoms with Crippen molar-refractivity contribution in [3.63, 3.8) is 0 Å². The molecule has 0 radical (unpaired) electrons. The Bertz CT molecular complexity index is 241. The summed E-state index contributed by atoms with van der Waals surface area (Å²) < 4.78 is 0. The minimum atomic E-state index is -0.745. The Kier molecular flexibility index (Phi) is 1.85. The third-order valence-electron chi connectivity index (χ3n) is 2.87. The quantitative estimate of drug-likeness (QED) is 0.501. The first-order valence-corrected chi connectivity index (χ1v) is 4.39. The molecular formula is C8H10ClNO2. The second-order valence-corrected chi connectivity index (χ2v) is 3.67. The number of carboxylic acid groups (broad SMARTS) is 1. The van der Waals surface area contributed by atoms with Crippen LogP contribution in [0.15, 0.2) is 12.2 Å². The fourth-order valence-electron chi connectivity index (χ4n) is 2.31. The summed E-state index contributed by atoms with van der Waals surface area (Å²) in [6.45, 7) is 0. The van der Waals surface area contributed by atoms with Crippen LogP contribution in [0.2, 0.25) is 0 Å². The second kappa shape index (κ2) is 2.75. The minimum Gasteiger partial charge on any atom is -0.481 e. The lowest BCUT2D eigenvalue weighted by atomic mass is 9.90. The van der Waals surface area contributed by atoms with E-state index in [9.17, 15) is 4.79 Å². The standard InChI is InChI=1S/C8H10ClNO2/c9-10-7-5-2-1-4(3-5)6(7)8(11)12/h1-2,4-7,10H,3H2,(H,11,12)/t4-,5+,6+,7-/m1/s1. The van der Waals surface area contributed by atoms with Crippen LogP contribution in [0.4, 0.5) is 0 Å². The monoisotopic (exact) mass is 187 g/mol. The van der Waals surface area contributed by atoms with Crippen LogP contribution in [0.3, 0.4) is 0 Å². The molecule has 0 amide bonds. The predicted octanol–water partition coefficient (Wildman–Crippen LogP) is 1.01. The van der Waals surface area contributed by atoms with Gasteiger partial charge >= 0.3 is 5.97 Å². The molecule has 0 spiro atoms. The van der Waals surface area contributed by atoms with E-state index in [0.717, 1.165) is 6.42 Å². The van der Waals surface area contributed by atoms with Crippen molar-refractivity contribution in [1.29, 1.82) is 0 Å². The highest BCUT2D eigenvalue weighted by Gasteiger charge is 2.48. The van der Waals surface area contributed by atoms with E-state index in [2.05, 4.69) is 10.9 Å². The Hall–Kier alpha value is -0.540. The van der Waals surface area contributed by atoms with Crippen molar-refractivity contribution >= 4 is 17.7 Å². The Balaban J connectivity index is 2.23. The number of rotatable bonds is 2. The van der Waals surface area contributed by atoms with E-state index in [-0.39, 0.29) is 17.9 Å². The molecule has 3 nitrogen and oxygen atoms in total. The molecule has 0 unspecified atom stereocenters. The molecule has 2 aliphatic rings. The van der Waals surface area contributed by atoms with E-state index in [0.29, 0.717) is 5.92 Å². The first-order chi connectivity index (χ1) is 5.74. The van der Waals surface area contributed by atoms with Crippen molar-refractivity contribution in [3.05, 3.63) is 12.2 Å². The predicted molar refractivity (Wildman–Crippen MR) is 44.6 cm³/mol. The van der Waals surface area contributed by atoms with Gasteiger partial charge in [0.2, 0.25) is 0 Å². The first kappa shape index (κ1) is 8.08. The average Bonchev–Trinajstić information content (AvgIpc) is 2.60. The molecule has 0 aromatic carbocycles. The molecule has 4 heteroatoms. The molecule has 0 aliphatic heterocycles. The van der Waals surface area contributed by atoms with Gasteiger partial charge in [-0.05, 0) is 30.0 Å². The topological polar surface area (TPSA) is 49.3 Å². The van der Waals surface area contributed by atoms with Crippen molar-refractivity contribution in [3.8, 4) is 0 Å². The van der Waals surface area contributed by atoms with E-state index in [1.807, 2.05) is 6.08 Å². The lowest BCUT2D eigenvalue weighted by Gasteiger charge is -2.22. The highest BCUT2D eigenvalue weighted by Crippen LogP contribution is 2.43. The molecule has 0 aromatic rings. The van der Waals surface area contributed by atoms with Gasteiger partial charge in [-0.25, -0.2) is 4.84 Å². The van der Waals surface area contributed by atoms with Gasteiger partial charge in [-0.15, -0.1) is 0 Å². The fourth-order valence-corrected chi connectivity index (χ4v) is 2.61. The van der Waals surface area contributed by atoms with E-state index in [1.54, 1.807) is 0 Å². The third-order valence-corrected chi connectivity index (χ3v) is 3.12. The van der Waals surface area contributed by atoms with Gasteiger partial charge in [0.05, 0.1) is 5.92 Å². The Morgan fingerprint density at radius 1 is 1.50 bits per heavy atom. The highest BCUT2D eigenvalue weighted by molar-refractivity contribution is 6.13. The van der Waals surface area contributed by atoms with Crippen LogP contribution < -0.4 is 4.84 Å². The van der Waals surface area contributed by atoms with Crippen molar-refractivity contribution in [2.24, 2.45) is 17.8 Å². The van der Waals surface area contributed by atoms with E-state index < -0.39 is 5.97 Å². The molecule has 2 rings (SSSR count). The largest absolute Gasteiger partial charge is 0.481 e. The summed E-state index contributed by atoms with van der Waals surface area (Å²) in [5.74, 6) is -0.583. The molecule has 0 aromatic heterocycles. The van der Waals surface area contributed by atoms with Crippen LogP contribution in [0.25, 0.3) is 0 Å². The SMILES string of the molecule is O=C(O)[C@@H]1[C@H](NCl)[C@H]2C=C[C@@H]1C2. The van der Waals surface area contributed by atoms with E-state index in [1.165, 1.54) is 0 Å². The number of hydrogen-bond donors (Lipinski definition) is 2. The summed E-state index contributed by atoms with van der Waals surface area (Å²) in [7, 11) is 0. The normalized spacial score (nSPS) is 43.8. The van der Waals surface area contributed by atoms with Gasteiger partial charge in [-0.1, -0.05) is 12.2 Å². The van der Waals surface area contributed by atoms with Gasteiger partial charge in [0.25, 0.3) is 0 Å². The van der Waals surface area contributed by atoms with Gasteiger partial charge in [0, 0.05) is 6.04 Å². The molecule has 1 fully saturated rings. The molecule has 66 valence electrons. The van der Waals surface area contributed by atoms with Crippen LogP contribution in [-0.2, 0) is 4.79 Å². The number of carbonyl (C=O) groups is 1. The van der Waals surface area contributed by atoms with Crippen LogP contribution in [-0.4, -0.2) is 17.1 Å². The number of nitrogens with one attached hydrogen (secondary N) is 1. The number of aliphatic carboxylic acids is 1. The summed E-state index contributed by atoms with van der Waals surface area (Å²) in [6.07, 6.45) is 4.99.